The first-order chi connectivity index (χ1) is 9.09. The number of rotatable bonds is 4. The molecule has 1 aliphatic heterocycles. The maximum absolute atomic E-state index is 12.3. The summed E-state index contributed by atoms with van der Waals surface area (Å²) in [6.07, 6.45) is 3.35. The number of para-hydroxylation sites is 1. The van der Waals surface area contributed by atoms with Gasteiger partial charge in [0, 0.05) is 19.0 Å². The minimum absolute atomic E-state index is 0.222. The van der Waals surface area contributed by atoms with E-state index in [0.717, 1.165) is 24.9 Å². The van der Waals surface area contributed by atoms with Crippen molar-refractivity contribution in [3.05, 3.63) is 29.8 Å². The number of nitrogens with zero attached hydrogens (tertiary/aromatic N) is 1. The van der Waals surface area contributed by atoms with Crippen molar-refractivity contribution in [3.63, 3.8) is 0 Å². The molecule has 3 heteroatoms. The first-order valence-electron chi connectivity index (χ1n) is 7.16. The van der Waals surface area contributed by atoms with Crippen LogP contribution in [0.4, 0.5) is 0 Å². The highest BCUT2D eigenvalue weighted by atomic mass is 16.3. The van der Waals surface area contributed by atoms with E-state index in [2.05, 4.69) is 13.8 Å². The monoisotopic (exact) mass is 261 g/mol. The van der Waals surface area contributed by atoms with Crippen LogP contribution in [0.1, 0.15) is 38.7 Å². The van der Waals surface area contributed by atoms with Crippen molar-refractivity contribution in [3.8, 4) is 5.75 Å². The van der Waals surface area contributed by atoms with E-state index in [-0.39, 0.29) is 11.7 Å². The minimum atomic E-state index is 0.222. The number of carbonyl (C=O) groups is 1. The van der Waals surface area contributed by atoms with Crippen LogP contribution in [-0.2, 0) is 11.2 Å². The zero-order chi connectivity index (χ0) is 13.8. The molecule has 1 aromatic carbocycles. The fourth-order valence-corrected chi connectivity index (χ4v) is 2.90. The molecule has 1 aliphatic rings. The van der Waals surface area contributed by atoms with Gasteiger partial charge in [-0.2, -0.15) is 0 Å². The molecular formula is C16H23NO2. The van der Waals surface area contributed by atoms with Crippen LogP contribution in [0.25, 0.3) is 0 Å². The first-order valence-corrected chi connectivity index (χ1v) is 7.16. The second kappa shape index (κ2) is 6.09. The van der Waals surface area contributed by atoms with Gasteiger partial charge in [-0.05, 0) is 36.8 Å². The van der Waals surface area contributed by atoms with Crippen molar-refractivity contribution in [1.82, 2.24) is 4.90 Å². The Hall–Kier alpha value is -1.51. The van der Waals surface area contributed by atoms with E-state index in [0.29, 0.717) is 24.8 Å². The molecule has 1 amide bonds. The fourth-order valence-electron chi connectivity index (χ4n) is 2.90. The van der Waals surface area contributed by atoms with E-state index < -0.39 is 0 Å². The molecule has 104 valence electrons. The molecule has 0 aliphatic carbocycles. The summed E-state index contributed by atoms with van der Waals surface area (Å²) in [4.78, 5) is 14.3. The number of carbonyl (C=O) groups excluding carboxylic acids is 1. The van der Waals surface area contributed by atoms with Crippen molar-refractivity contribution >= 4 is 5.91 Å². The fraction of sp³-hybridized carbons (Fsp3) is 0.562. The van der Waals surface area contributed by atoms with E-state index in [4.69, 9.17) is 0 Å². The molecule has 0 spiro atoms. The molecule has 1 N–H and O–H groups in total. The lowest BCUT2D eigenvalue weighted by Crippen LogP contribution is -2.38. The number of hydrogen-bond donors (Lipinski definition) is 1. The molecular weight excluding hydrogens is 238 g/mol. The van der Waals surface area contributed by atoms with Crippen LogP contribution in [0.5, 0.6) is 5.75 Å². The summed E-state index contributed by atoms with van der Waals surface area (Å²) < 4.78 is 0. The van der Waals surface area contributed by atoms with Gasteiger partial charge < -0.3 is 10.0 Å². The zero-order valence-electron chi connectivity index (χ0n) is 11.8. The molecule has 1 saturated heterocycles. The second-order valence-electron chi connectivity index (χ2n) is 5.67. The number of likely N-dealkylation sites (tertiary alicyclic amines) is 1. The maximum atomic E-state index is 12.3. The van der Waals surface area contributed by atoms with Crippen molar-refractivity contribution in [2.24, 2.45) is 5.92 Å². The smallest absolute Gasteiger partial charge is 0.223 e. The summed E-state index contributed by atoms with van der Waals surface area (Å²) >= 11 is 0. The van der Waals surface area contributed by atoms with Crippen molar-refractivity contribution in [2.75, 3.05) is 6.54 Å². The molecule has 1 atom stereocenters. The number of benzene rings is 1. The molecule has 0 bridgehead atoms. The summed E-state index contributed by atoms with van der Waals surface area (Å²) in [5.74, 6) is 1.04. The van der Waals surface area contributed by atoms with Crippen LogP contribution < -0.4 is 0 Å². The number of aryl methyl sites for hydroxylation is 1. The SMILES string of the molecule is CC(C)[C@H]1CCCN1C(=O)CCc1ccccc1O. The van der Waals surface area contributed by atoms with Crippen molar-refractivity contribution in [2.45, 2.75) is 45.6 Å². The normalized spacial score (nSPS) is 19.1. The maximum Gasteiger partial charge on any atom is 0.223 e. The van der Waals surface area contributed by atoms with Gasteiger partial charge in [-0.3, -0.25) is 4.79 Å². The Kier molecular flexibility index (Phi) is 4.46. The van der Waals surface area contributed by atoms with Gasteiger partial charge in [-0.15, -0.1) is 0 Å². The summed E-state index contributed by atoms with van der Waals surface area (Å²) in [7, 11) is 0. The number of phenolic OH excluding ortho intramolecular Hbond substituents is 1. The van der Waals surface area contributed by atoms with Gasteiger partial charge in [0.15, 0.2) is 0 Å². The molecule has 1 heterocycles. The van der Waals surface area contributed by atoms with Crippen LogP contribution in [0.3, 0.4) is 0 Å². The zero-order valence-corrected chi connectivity index (χ0v) is 11.8. The third-order valence-electron chi connectivity index (χ3n) is 3.99. The Morgan fingerprint density at radius 2 is 2.16 bits per heavy atom. The van der Waals surface area contributed by atoms with Gasteiger partial charge in [-0.1, -0.05) is 32.0 Å². The molecule has 3 nitrogen and oxygen atoms in total. The lowest BCUT2D eigenvalue weighted by Gasteiger charge is -2.27. The van der Waals surface area contributed by atoms with Gasteiger partial charge in [-0.25, -0.2) is 0 Å². The molecule has 0 radical (unpaired) electrons. The molecule has 19 heavy (non-hydrogen) atoms. The van der Waals surface area contributed by atoms with Crippen LogP contribution in [0, 0.1) is 5.92 Å². The molecule has 1 fully saturated rings. The third-order valence-corrected chi connectivity index (χ3v) is 3.99. The molecule has 2 rings (SSSR count). The van der Waals surface area contributed by atoms with Gasteiger partial charge in [0.2, 0.25) is 5.91 Å². The Morgan fingerprint density at radius 3 is 2.84 bits per heavy atom. The summed E-state index contributed by atoms with van der Waals surface area (Å²) in [5, 5.41) is 9.70. The number of amides is 1. The van der Waals surface area contributed by atoms with Gasteiger partial charge in [0.25, 0.3) is 0 Å². The van der Waals surface area contributed by atoms with Crippen LogP contribution in [0.15, 0.2) is 24.3 Å². The number of phenols is 1. The highest BCUT2D eigenvalue weighted by Gasteiger charge is 2.30. The Labute approximate surface area is 115 Å². The molecule has 0 unspecified atom stereocenters. The average Bonchev–Trinajstić information content (AvgIpc) is 2.87. The van der Waals surface area contributed by atoms with Crippen molar-refractivity contribution in [1.29, 1.82) is 0 Å². The van der Waals surface area contributed by atoms with E-state index in [9.17, 15) is 9.90 Å². The third kappa shape index (κ3) is 3.28. The van der Waals surface area contributed by atoms with Crippen LogP contribution in [0.2, 0.25) is 0 Å². The highest BCUT2D eigenvalue weighted by molar-refractivity contribution is 5.77. The predicted octanol–water partition coefficient (Wildman–Crippen LogP) is 2.97. The van der Waals surface area contributed by atoms with Gasteiger partial charge >= 0.3 is 0 Å². The van der Waals surface area contributed by atoms with E-state index in [1.807, 2.05) is 17.0 Å². The van der Waals surface area contributed by atoms with Gasteiger partial charge in [0.05, 0.1) is 0 Å². The predicted molar refractivity (Wildman–Crippen MR) is 76.0 cm³/mol. The lowest BCUT2D eigenvalue weighted by atomic mass is 10.0. The first kappa shape index (κ1) is 13.9. The molecule has 0 saturated carbocycles. The van der Waals surface area contributed by atoms with Crippen LogP contribution >= 0.6 is 0 Å². The summed E-state index contributed by atoms with van der Waals surface area (Å²) in [5.41, 5.74) is 0.858. The lowest BCUT2D eigenvalue weighted by molar-refractivity contribution is -0.132. The van der Waals surface area contributed by atoms with E-state index >= 15 is 0 Å². The largest absolute Gasteiger partial charge is 0.508 e. The Morgan fingerprint density at radius 1 is 1.42 bits per heavy atom. The van der Waals surface area contributed by atoms with Crippen molar-refractivity contribution < 1.29 is 9.90 Å². The average molecular weight is 261 g/mol. The van der Waals surface area contributed by atoms with E-state index in [1.165, 1.54) is 0 Å². The Balaban J connectivity index is 1.93. The topological polar surface area (TPSA) is 40.5 Å². The molecule has 1 aromatic rings. The highest BCUT2D eigenvalue weighted by Crippen LogP contribution is 2.25. The summed E-state index contributed by atoms with van der Waals surface area (Å²) in [6.45, 7) is 5.25. The van der Waals surface area contributed by atoms with E-state index in [1.54, 1.807) is 12.1 Å². The standard InChI is InChI=1S/C16H23NO2/c1-12(2)14-7-5-11-17(14)16(19)10-9-13-6-3-4-8-15(13)18/h3-4,6,8,12,14,18H,5,7,9-11H2,1-2H3/t14-/m1/s1. The number of hydrogen-bond acceptors (Lipinski definition) is 2. The quantitative estimate of drug-likeness (QED) is 0.905. The Bertz CT molecular complexity index is 442. The van der Waals surface area contributed by atoms with Gasteiger partial charge in [0.1, 0.15) is 5.75 Å². The summed E-state index contributed by atoms with van der Waals surface area (Å²) in [6, 6.07) is 7.65. The molecule has 0 aromatic heterocycles. The number of aromatic hydroxyl groups is 1. The van der Waals surface area contributed by atoms with Crippen LogP contribution in [-0.4, -0.2) is 28.5 Å². The minimum Gasteiger partial charge on any atom is -0.508 e. The second-order valence-corrected chi connectivity index (χ2v) is 5.67.